The Morgan fingerprint density at radius 1 is 1.27 bits per heavy atom. The Morgan fingerprint density at radius 2 is 1.93 bits per heavy atom. The molecule has 0 amide bonds. The lowest BCUT2D eigenvalue weighted by molar-refractivity contribution is 0.116. The molecule has 3 atom stereocenters. The maximum atomic E-state index is 7.00. The van der Waals surface area contributed by atoms with Crippen molar-refractivity contribution >= 4 is 28.4 Å². The summed E-state index contributed by atoms with van der Waals surface area (Å²) < 4.78 is 8.21. The van der Waals surface area contributed by atoms with Gasteiger partial charge in [0, 0.05) is 79.2 Å². The van der Waals surface area contributed by atoms with Crippen LogP contribution in [0, 0.1) is 18.3 Å². The number of nitrogens with zero attached hydrogens (tertiary/aromatic N) is 3. The van der Waals surface area contributed by atoms with Crippen LogP contribution in [0.4, 0.5) is 5.69 Å². The summed E-state index contributed by atoms with van der Waals surface area (Å²) in [5.74, 6) is 5.72. The second-order valence-electron chi connectivity index (χ2n) is 11.7. The molecular formula is C35H56N6O2S. The van der Waals surface area contributed by atoms with Gasteiger partial charge in [0.05, 0.1) is 17.5 Å². The van der Waals surface area contributed by atoms with Gasteiger partial charge < -0.3 is 25.0 Å². The average Bonchev–Trinajstić information content (AvgIpc) is 3.33. The zero-order valence-electron chi connectivity index (χ0n) is 28.1. The molecule has 0 radical (unpaired) electrons. The largest absolute Gasteiger partial charge is 0.400 e. The minimum atomic E-state index is -0.0812. The molecule has 3 unspecified atom stereocenters. The van der Waals surface area contributed by atoms with Gasteiger partial charge in [-0.05, 0) is 75.0 Å². The lowest BCUT2D eigenvalue weighted by Gasteiger charge is -2.35. The predicted molar refractivity (Wildman–Crippen MR) is 192 cm³/mol. The number of aryl methyl sites for hydroxylation is 1. The smallest absolute Gasteiger partial charge is 0.0969 e. The summed E-state index contributed by atoms with van der Waals surface area (Å²) in [6.45, 7) is 18.2. The molecule has 0 bridgehead atoms. The monoisotopic (exact) mass is 624 g/mol. The number of aliphatic hydroxyl groups excluding tert-OH is 1. The van der Waals surface area contributed by atoms with Crippen LogP contribution in [-0.2, 0) is 17.7 Å². The van der Waals surface area contributed by atoms with Gasteiger partial charge in [-0.3, -0.25) is 16.3 Å². The lowest BCUT2D eigenvalue weighted by atomic mass is 9.85. The van der Waals surface area contributed by atoms with Gasteiger partial charge in [-0.2, -0.15) is 11.8 Å². The van der Waals surface area contributed by atoms with Gasteiger partial charge in [0.2, 0.25) is 0 Å². The molecule has 4 rings (SSSR count). The number of aliphatic hydroxyl groups is 1. The SMILES string of the molecule is C#C.C=CC(N)CC1CN(c2ccc3c(c2)c(CC(C)(C)C)c(-c2cccnc2C(C)OC)n3CC)CCS1.CNN.CO. The van der Waals surface area contributed by atoms with Gasteiger partial charge in [-0.15, -0.1) is 19.4 Å². The zero-order valence-corrected chi connectivity index (χ0v) is 29.0. The normalized spacial score (nSPS) is 15.9. The van der Waals surface area contributed by atoms with Crippen molar-refractivity contribution in [2.45, 2.75) is 71.4 Å². The Balaban J connectivity index is 0.00000128. The first-order valence-electron chi connectivity index (χ1n) is 15.1. The Bertz CT molecular complexity index is 1300. The van der Waals surface area contributed by atoms with Crippen LogP contribution >= 0.6 is 11.8 Å². The van der Waals surface area contributed by atoms with E-state index in [2.05, 4.69) is 99.0 Å². The van der Waals surface area contributed by atoms with Crippen molar-refractivity contribution in [2.75, 3.05) is 45.0 Å². The van der Waals surface area contributed by atoms with Crippen LogP contribution < -0.4 is 21.9 Å². The van der Waals surface area contributed by atoms with E-state index in [4.69, 9.17) is 20.6 Å². The highest BCUT2D eigenvalue weighted by atomic mass is 32.2. The Kier molecular flexibility index (Phi) is 17.4. The fourth-order valence-electron chi connectivity index (χ4n) is 5.50. The number of ether oxygens (including phenoxy) is 1. The van der Waals surface area contributed by atoms with Gasteiger partial charge in [0.25, 0.3) is 0 Å². The van der Waals surface area contributed by atoms with Gasteiger partial charge in [-0.1, -0.05) is 26.8 Å². The first kappa shape index (κ1) is 39.2. The number of terminal acetylenes is 1. The number of hydrazine groups is 1. The Labute approximate surface area is 270 Å². The third kappa shape index (κ3) is 10.4. The van der Waals surface area contributed by atoms with Crippen molar-refractivity contribution in [3.05, 3.63) is 60.4 Å². The number of thioether (sulfide) groups is 1. The third-order valence-electron chi connectivity index (χ3n) is 7.35. The van der Waals surface area contributed by atoms with Crippen LogP contribution in [0.5, 0.6) is 0 Å². The van der Waals surface area contributed by atoms with E-state index >= 15 is 0 Å². The number of fused-ring (bicyclic) bond motifs is 1. The van der Waals surface area contributed by atoms with E-state index in [0.29, 0.717) is 5.25 Å². The van der Waals surface area contributed by atoms with Gasteiger partial charge in [0.15, 0.2) is 0 Å². The number of hydrogen-bond donors (Lipinski definition) is 4. The molecule has 1 aliphatic rings. The molecular weight excluding hydrogens is 568 g/mol. The van der Waals surface area contributed by atoms with Crippen molar-refractivity contribution < 1.29 is 9.84 Å². The number of rotatable bonds is 9. The highest BCUT2D eigenvalue weighted by Crippen LogP contribution is 2.41. The van der Waals surface area contributed by atoms with E-state index in [1.54, 1.807) is 14.2 Å². The van der Waals surface area contributed by atoms with Crippen LogP contribution in [0.3, 0.4) is 0 Å². The fourth-order valence-corrected chi connectivity index (χ4v) is 6.81. The van der Waals surface area contributed by atoms with Crippen LogP contribution in [0.25, 0.3) is 22.2 Å². The van der Waals surface area contributed by atoms with Crippen LogP contribution in [0.15, 0.2) is 49.2 Å². The number of aromatic nitrogens is 2. The van der Waals surface area contributed by atoms with Crippen molar-refractivity contribution in [3.8, 4) is 24.1 Å². The summed E-state index contributed by atoms with van der Waals surface area (Å²) >= 11 is 2.04. The van der Waals surface area contributed by atoms with E-state index < -0.39 is 0 Å². The summed E-state index contributed by atoms with van der Waals surface area (Å²) in [5.41, 5.74) is 16.0. The molecule has 6 N–H and O–H groups in total. The van der Waals surface area contributed by atoms with E-state index in [-0.39, 0.29) is 17.6 Å². The van der Waals surface area contributed by atoms with Crippen LogP contribution in [0.2, 0.25) is 0 Å². The third-order valence-corrected chi connectivity index (χ3v) is 8.58. The van der Waals surface area contributed by atoms with Crippen molar-refractivity contribution in [2.24, 2.45) is 17.0 Å². The molecule has 3 aromatic rings. The number of benzene rings is 1. The molecule has 1 aromatic carbocycles. The van der Waals surface area contributed by atoms with Crippen molar-refractivity contribution in [3.63, 3.8) is 0 Å². The second-order valence-corrected chi connectivity index (χ2v) is 13.1. The second kappa shape index (κ2) is 19.5. The summed E-state index contributed by atoms with van der Waals surface area (Å²) in [6, 6.07) is 11.4. The standard InChI is InChI=1S/C31H44N4OS.C2H2.CH6N2.CH4O/c1-8-22(32)17-24-20-34(15-16-37-24)23-12-13-28-26(18-23)27(19-31(4,5)6)30(35(28)9-2)25-11-10-14-33-29(25)21(3)36-7;1-2;1-3-2;1-2/h8,10-14,18,21-22,24H,1,9,15-17,19-20,32H2,2-7H3;1-2H;3H,2H2,1H3;2H,1H3. The van der Waals surface area contributed by atoms with Gasteiger partial charge in [0.1, 0.15) is 0 Å². The minimum absolute atomic E-state index is 0.0580. The molecule has 1 saturated heterocycles. The van der Waals surface area contributed by atoms with E-state index in [9.17, 15) is 0 Å². The van der Waals surface area contributed by atoms with Gasteiger partial charge in [-0.25, -0.2) is 0 Å². The topological polar surface area (TPSA) is 115 Å². The molecule has 1 fully saturated rings. The Morgan fingerprint density at radius 3 is 2.50 bits per heavy atom. The minimum Gasteiger partial charge on any atom is -0.400 e. The lowest BCUT2D eigenvalue weighted by Crippen LogP contribution is -2.40. The number of nitrogens with two attached hydrogens (primary N) is 2. The number of nitrogens with one attached hydrogen (secondary N) is 1. The molecule has 0 saturated carbocycles. The van der Waals surface area contributed by atoms with Crippen LogP contribution in [0.1, 0.15) is 58.4 Å². The maximum Gasteiger partial charge on any atom is 0.0969 e. The molecule has 8 nitrogen and oxygen atoms in total. The highest BCUT2D eigenvalue weighted by molar-refractivity contribution is 8.00. The summed E-state index contributed by atoms with van der Waals surface area (Å²) in [7, 11) is 4.41. The molecule has 9 heteroatoms. The molecule has 2 aromatic heterocycles. The molecule has 3 heterocycles. The maximum absolute atomic E-state index is 7.00. The summed E-state index contributed by atoms with van der Waals surface area (Å²) in [6.07, 6.45) is 13.6. The quantitative estimate of drug-likeness (QED) is 0.103. The zero-order chi connectivity index (χ0) is 33.4. The predicted octanol–water partition coefficient (Wildman–Crippen LogP) is 5.78. The number of methoxy groups -OCH3 is 1. The number of anilines is 1. The van der Waals surface area contributed by atoms with Gasteiger partial charge >= 0.3 is 0 Å². The van der Waals surface area contributed by atoms with E-state index in [0.717, 1.165) is 51.0 Å². The molecule has 44 heavy (non-hydrogen) atoms. The molecule has 244 valence electrons. The first-order valence-corrected chi connectivity index (χ1v) is 16.2. The number of hydrogen-bond acceptors (Lipinski definition) is 8. The van der Waals surface area contributed by atoms with Crippen LogP contribution in [-0.4, -0.2) is 66.1 Å². The van der Waals surface area contributed by atoms with Crippen molar-refractivity contribution in [1.82, 2.24) is 15.0 Å². The van der Waals surface area contributed by atoms with E-state index in [1.165, 1.54) is 33.4 Å². The average molecular weight is 625 g/mol. The molecule has 0 aliphatic carbocycles. The first-order chi connectivity index (χ1) is 21.1. The Hall–Kier alpha value is -2.84. The summed E-state index contributed by atoms with van der Waals surface area (Å²) in [4.78, 5) is 7.32. The molecule has 1 aliphatic heterocycles. The highest BCUT2D eigenvalue weighted by Gasteiger charge is 2.27. The fraction of sp³-hybridized carbons (Fsp3) is 0.514. The van der Waals surface area contributed by atoms with Crippen molar-refractivity contribution in [1.29, 1.82) is 0 Å². The van der Waals surface area contributed by atoms with E-state index in [1.807, 2.05) is 30.1 Å². The molecule has 0 spiro atoms. The number of pyridine rings is 1. The summed E-state index contributed by atoms with van der Waals surface area (Å²) in [5, 5.41) is 8.87.